The number of hydrazone groups is 1. The van der Waals surface area contributed by atoms with Crippen LogP contribution in [-0.2, 0) is 6.42 Å². The minimum atomic E-state index is -0.506. The summed E-state index contributed by atoms with van der Waals surface area (Å²) < 4.78 is 2.16. The van der Waals surface area contributed by atoms with Crippen molar-refractivity contribution in [3.8, 4) is 5.69 Å². The molecule has 0 bridgehead atoms. The summed E-state index contributed by atoms with van der Waals surface area (Å²) in [6, 6.07) is 16.0. The number of nitro groups is 1. The van der Waals surface area contributed by atoms with Gasteiger partial charge in [0.2, 0.25) is 0 Å². The lowest BCUT2D eigenvalue weighted by Gasteiger charge is -2.10. The van der Waals surface area contributed by atoms with Crippen molar-refractivity contribution in [3.63, 3.8) is 0 Å². The van der Waals surface area contributed by atoms with Crippen LogP contribution in [0.3, 0.4) is 0 Å². The number of non-ortho nitro benzene ring substituents is 1. The van der Waals surface area contributed by atoms with Crippen LogP contribution in [0.15, 0.2) is 59.7 Å². The summed E-state index contributed by atoms with van der Waals surface area (Å²) in [6.45, 7) is 6.24. The Labute approximate surface area is 181 Å². The fraction of sp³-hybridized carbons (Fsp3) is 0.250. The van der Waals surface area contributed by atoms with E-state index in [0.29, 0.717) is 5.56 Å². The van der Waals surface area contributed by atoms with E-state index in [1.807, 2.05) is 19.9 Å². The van der Waals surface area contributed by atoms with Crippen LogP contribution in [0.5, 0.6) is 0 Å². The molecule has 1 N–H and O–H groups in total. The second-order valence-electron chi connectivity index (χ2n) is 7.43. The van der Waals surface area contributed by atoms with Gasteiger partial charge < -0.3 is 4.57 Å². The maximum absolute atomic E-state index is 12.2. The van der Waals surface area contributed by atoms with Crippen LogP contribution in [0.1, 0.15) is 52.6 Å². The Morgan fingerprint density at radius 3 is 2.42 bits per heavy atom. The summed E-state index contributed by atoms with van der Waals surface area (Å²) in [7, 11) is 0. The molecule has 0 saturated carbocycles. The molecule has 31 heavy (non-hydrogen) atoms. The van der Waals surface area contributed by atoms with Crippen LogP contribution >= 0.6 is 0 Å². The molecule has 0 spiro atoms. The number of aromatic nitrogens is 1. The Hall–Kier alpha value is -3.74. The summed E-state index contributed by atoms with van der Waals surface area (Å²) in [6.07, 6.45) is 5.07. The van der Waals surface area contributed by atoms with E-state index in [0.717, 1.165) is 29.1 Å². The molecule has 1 amide bonds. The molecular weight excluding hydrogens is 392 g/mol. The molecule has 0 fully saturated rings. The molecular formula is C24H26N4O3. The van der Waals surface area contributed by atoms with Crippen molar-refractivity contribution in [1.29, 1.82) is 0 Å². The molecule has 0 aliphatic carbocycles. The second kappa shape index (κ2) is 9.84. The molecule has 7 heteroatoms. The first kappa shape index (κ1) is 22.0. The van der Waals surface area contributed by atoms with Crippen molar-refractivity contribution in [1.82, 2.24) is 9.99 Å². The summed E-state index contributed by atoms with van der Waals surface area (Å²) in [4.78, 5) is 22.4. The number of aryl methyl sites for hydroxylation is 2. The maximum atomic E-state index is 12.2. The van der Waals surface area contributed by atoms with Gasteiger partial charge in [-0.25, -0.2) is 5.43 Å². The average Bonchev–Trinajstić information content (AvgIpc) is 3.05. The Kier molecular flexibility index (Phi) is 6.97. The van der Waals surface area contributed by atoms with Crippen molar-refractivity contribution in [2.24, 2.45) is 5.10 Å². The van der Waals surface area contributed by atoms with E-state index < -0.39 is 10.8 Å². The highest BCUT2D eigenvalue weighted by Gasteiger charge is 2.11. The number of carbonyl (C=O) groups excluding carboxylic acids is 1. The molecule has 0 aliphatic rings. The predicted octanol–water partition coefficient (Wildman–Crippen LogP) is 5.11. The van der Waals surface area contributed by atoms with Crippen molar-refractivity contribution < 1.29 is 9.72 Å². The van der Waals surface area contributed by atoms with Gasteiger partial charge >= 0.3 is 0 Å². The smallest absolute Gasteiger partial charge is 0.271 e. The largest absolute Gasteiger partial charge is 0.318 e. The number of nitrogens with one attached hydrogen (secondary N) is 1. The fourth-order valence-corrected chi connectivity index (χ4v) is 3.47. The van der Waals surface area contributed by atoms with E-state index >= 15 is 0 Å². The highest BCUT2D eigenvalue weighted by molar-refractivity contribution is 5.95. The van der Waals surface area contributed by atoms with E-state index in [1.165, 1.54) is 42.7 Å². The summed E-state index contributed by atoms with van der Waals surface area (Å²) in [5.74, 6) is -0.428. The van der Waals surface area contributed by atoms with Crippen molar-refractivity contribution >= 4 is 17.8 Å². The van der Waals surface area contributed by atoms with Crippen LogP contribution in [0.4, 0.5) is 5.69 Å². The number of nitro benzene ring substituents is 1. The van der Waals surface area contributed by atoms with Gasteiger partial charge in [0.05, 0.1) is 11.1 Å². The monoisotopic (exact) mass is 418 g/mol. The first-order valence-electron chi connectivity index (χ1n) is 10.3. The standard InChI is InChI=1S/C24H26N4O3/c1-4-5-6-19-7-11-22(12-8-19)27-17(2)15-21(18(27)3)16-25-26-24(29)20-9-13-23(14-10-20)28(30)31/h7-16H,4-6H2,1-3H3,(H,26,29)/b25-16+. The predicted molar refractivity (Wildman–Crippen MR) is 122 cm³/mol. The molecule has 3 aromatic rings. The zero-order valence-electron chi connectivity index (χ0n) is 18.0. The Morgan fingerprint density at radius 1 is 1.13 bits per heavy atom. The van der Waals surface area contributed by atoms with Crippen LogP contribution in [-0.4, -0.2) is 21.6 Å². The third kappa shape index (κ3) is 5.25. The Morgan fingerprint density at radius 2 is 1.81 bits per heavy atom. The van der Waals surface area contributed by atoms with E-state index in [2.05, 4.69) is 46.3 Å². The van der Waals surface area contributed by atoms with Gasteiger partial charge in [0.25, 0.3) is 11.6 Å². The number of benzene rings is 2. The highest BCUT2D eigenvalue weighted by Crippen LogP contribution is 2.21. The van der Waals surface area contributed by atoms with E-state index in [-0.39, 0.29) is 5.69 Å². The molecule has 7 nitrogen and oxygen atoms in total. The third-order valence-electron chi connectivity index (χ3n) is 5.19. The number of rotatable bonds is 8. The van der Waals surface area contributed by atoms with Gasteiger partial charge in [-0.15, -0.1) is 0 Å². The van der Waals surface area contributed by atoms with Crippen molar-refractivity contribution in [3.05, 3.63) is 92.8 Å². The van der Waals surface area contributed by atoms with Crippen LogP contribution in [0.25, 0.3) is 5.69 Å². The van der Waals surface area contributed by atoms with Crippen molar-refractivity contribution in [2.45, 2.75) is 40.0 Å². The van der Waals surface area contributed by atoms with E-state index in [1.54, 1.807) is 6.21 Å². The Bertz CT molecular complexity index is 1100. The topological polar surface area (TPSA) is 89.5 Å². The van der Waals surface area contributed by atoms with Gasteiger partial charge in [0.1, 0.15) is 0 Å². The zero-order valence-corrected chi connectivity index (χ0v) is 18.0. The minimum absolute atomic E-state index is 0.0640. The molecule has 1 heterocycles. The molecule has 0 unspecified atom stereocenters. The van der Waals surface area contributed by atoms with Crippen LogP contribution in [0, 0.1) is 24.0 Å². The number of nitrogens with zero attached hydrogens (tertiary/aromatic N) is 3. The van der Waals surface area contributed by atoms with Gasteiger partial charge in [-0.05, 0) is 62.6 Å². The summed E-state index contributed by atoms with van der Waals surface area (Å²) >= 11 is 0. The zero-order chi connectivity index (χ0) is 22.4. The highest BCUT2D eigenvalue weighted by atomic mass is 16.6. The van der Waals surface area contributed by atoms with Gasteiger partial charge in [0, 0.05) is 40.3 Å². The number of amides is 1. The number of hydrogen-bond acceptors (Lipinski definition) is 4. The Balaban J connectivity index is 1.70. The molecule has 0 saturated heterocycles. The third-order valence-corrected chi connectivity index (χ3v) is 5.19. The second-order valence-corrected chi connectivity index (χ2v) is 7.43. The summed E-state index contributed by atoms with van der Waals surface area (Å²) in [5, 5.41) is 14.8. The molecule has 2 aromatic carbocycles. The van der Waals surface area contributed by atoms with E-state index in [4.69, 9.17) is 0 Å². The first-order valence-corrected chi connectivity index (χ1v) is 10.3. The average molecular weight is 418 g/mol. The molecule has 3 rings (SSSR count). The number of carbonyl (C=O) groups is 1. The lowest BCUT2D eigenvalue weighted by Crippen LogP contribution is -2.17. The molecule has 1 aromatic heterocycles. The van der Waals surface area contributed by atoms with Crippen LogP contribution < -0.4 is 5.43 Å². The minimum Gasteiger partial charge on any atom is -0.318 e. The lowest BCUT2D eigenvalue weighted by atomic mass is 10.1. The molecule has 0 radical (unpaired) electrons. The first-order chi connectivity index (χ1) is 14.9. The summed E-state index contributed by atoms with van der Waals surface area (Å²) in [5.41, 5.74) is 8.12. The normalized spacial score (nSPS) is 11.1. The number of hydrogen-bond donors (Lipinski definition) is 1. The van der Waals surface area contributed by atoms with Gasteiger partial charge in [0.15, 0.2) is 0 Å². The SMILES string of the molecule is CCCCc1ccc(-n2c(C)cc(/C=N/NC(=O)c3ccc([N+](=O)[O-])cc3)c2C)cc1. The molecule has 0 aliphatic heterocycles. The van der Waals surface area contributed by atoms with Gasteiger partial charge in [-0.2, -0.15) is 5.10 Å². The fourth-order valence-electron chi connectivity index (χ4n) is 3.47. The number of unbranched alkanes of at least 4 members (excludes halogenated alkanes) is 1. The van der Waals surface area contributed by atoms with Gasteiger partial charge in [-0.1, -0.05) is 25.5 Å². The van der Waals surface area contributed by atoms with Crippen molar-refractivity contribution in [2.75, 3.05) is 0 Å². The van der Waals surface area contributed by atoms with E-state index in [9.17, 15) is 14.9 Å². The maximum Gasteiger partial charge on any atom is 0.271 e. The van der Waals surface area contributed by atoms with Gasteiger partial charge in [-0.3, -0.25) is 14.9 Å². The molecule has 0 atom stereocenters. The lowest BCUT2D eigenvalue weighted by molar-refractivity contribution is -0.384. The quantitative estimate of drug-likeness (QED) is 0.313. The molecule has 160 valence electrons. The van der Waals surface area contributed by atoms with Crippen LogP contribution in [0.2, 0.25) is 0 Å².